The van der Waals surface area contributed by atoms with E-state index < -0.39 is 116 Å². The zero-order valence-corrected chi connectivity index (χ0v) is 39.7. The van der Waals surface area contributed by atoms with Crippen molar-refractivity contribution >= 4 is 105 Å². The first-order chi connectivity index (χ1) is 29.9. The Morgan fingerprint density at radius 2 is 1.08 bits per heavy atom. The van der Waals surface area contributed by atoms with Gasteiger partial charge in [-0.3, -0.25) is 38.1 Å². The normalized spacial score (nSPS) is 25.4. The van der Waals surface area contributed by atoms with Crippen LogP contribution in [0.4, 0.5) is 5.69 Å². The molecule has 3 heterocycles. The lowest BCUT2D eigenvalue weighted by atomic mass is 9.95. The molecule has 0 spiro atoms. The lowest BCUT2D eigenvalue weighted by Crippen LogP contribution is -2.67. The maximum atomic E-state index is 12.9. The minimum Gasteiger partial charge on any atom is -0.463 e. The molecule has 0 bridgehead atoms. The Labute approximate surface area is 396 Å². The van der Waals surface area contributed by atoms with Crippen molar-refractivity contribution in [3.8, 4) is 5.69 Å². The molecule has 20 nitrogen and oxygen atoms in total. The van der Waals surface area contributed by atoms with Gasteiger partial charge in [0.25, 0.3) is 0 Å². The third kappa shape index (κ3) is 15.3. The number of rotatable bonds is 14. The van der Waals surface area contributed by atoms with Crippen molar-refractivity contribution < 1.29 is 80.9 Å². The molecule has 0 saturated carbocycles. The topological polar surface area (TPSA) is 241 Å². The Bertz CT molecular complexity index is 2310. The van der Waals surface area contributed by atoms with Gasteiger partial charge in [-0.15, -0.1) is 24.8 Å². The van der Waals surface area contributed by atoms with Crippen LogP contribution in [0, 0.1) is 0 Å². The third-order valence-electron chi connectivity index (χ3n) is 8.76. The van der Waals surface area contributed by atoms with Crippen LogP contribution in [0.1, 0.15) is 48.5 Å². The van der Waals surface area contributed by atoms with E-state index in [1.54, 1.807) is 41.0 Å². The van der Waals surface area contributed by atoms with Crippen LogP contribution in [0.5, 0.6) is 0 Å². The van der Waals surface area contributed by atoms with Crippen LogP contribution in [0.2, 0.25) is 5.02 Å². The van der Waals surface area contributed by atoms with E-state index in [0.29, 0.717) is 21.2 Å². The van der Waals surface area contributed by atoms with Gasteiger partial charge in [0.15, 0.2) is 43.0 Å². The molecule has 356 valence electrons. The van der Waals surface area contributed by atoms with E-state index >= 15 is 0 Å². The molecule has 3 aromatic rings. The molecule has 2 aliphatic heterocycles. The second kappa shape index (κ2) is 25.1. The van der Waals surface area contributed by atoms with Crippen molar-refractivity contribution in [3.05, 3.63) is 69.2 Å². The highest BCUT2D eigenvalue weighted by Gasteiger charge is 2.57. The molecular formula is C40H46Cl3N3O17S2. The molecule has 2 aliphatic rings. The van der Waals surface area contributed by atoms with Gasteiger partial charge in [-0.05, 0) is 51.0 Å². The molecule has 2 aromatic carbocycles. The number of hydrogen-bond donors (Lipinski definition) is 0. The van der Waals surface area contributed by atoms with E-state index in [-0.39, 0.29) is 29.6 Å². The molecule has 5 rings (SSSR count). The van der Waals surface area contributed by atoms with Gasteiger partial charge in [0.2, 0.25) is 9.60 Å². The van der Waals surface area contributed by atoms with Gasteiger partial charge < -0.3 is 47.4 Å². The molecule has 0 unspecified atom stereocenters. The summed E-state index contributed by atoms with van der Waals surface area (Å²) in [5.74, 6) is -5.97. The number of carbonyl (C=O) groups is 7. The Balaban J connectivity index is 0.00000561. The van der Waals surface area contributed by atoms with Crippen molar-refractivity contribution in [3.63, 3.8) is 0 Å². The molecule has 2 saturated heterocycles. The lowest BCUT2D eigenvalue weighted by molar-refractivity contribution is -0.344. The average Bonchev–Trinajstić information content (AvgIpc) is 3.58. The number of benzene rings is 2. The molecule has 0 N–H and O–H groups in total. The van der Waals surface area contributed by atoms with Gasteiger partial charge in [-0.1, -0.05) is 35.9 Å². The molecule has 2 fully saturated rings. The fraction of sp³-hybridized carbons (Fsp3) is 0.475. The van der Waals surface area contributed by atoms with E-state index in [2.05, 4.69) is 0 Å². The monoisotopic (exact) mass is 1010 g/mol. The Hall–Kier alpha value is -4.94. The summed E-state index contributed by atoms with van der Waals surface area (Å²) in [7, 11) is 2.42. The molecule has 25 heteroatoms. The van der Waals surface area contributed by atoms with E-state index in [4.69, 9.17) is 69.0 Å². The first-order valence-electron chi connectivity index (χ1n) is 19.1. The number of halogens is 3. The fourth-order valence-electron chi connectivity index (χ4n) is 6.53. The highest BCUT2D eigenvalue weighted by molar-refractivity contribution is 7.67. The lowest BCUT2D eigenvalue weighted by Gasteiger charge is -2.48. The smallest absolute Gasteiger partial charge is 0.303 e. The van der Waals surface area contributed by atoms with Gasteiger partial charge in [0.05, 0.1) is 11.4 Å². The second-order valence-corrected chi connectivity index (χ2v) is 16.3. The standard InChI is InChI=1S/C40H44ClN3O17S2.2ClH/c1-19(45)52-17-29-32(61-38-36(58-25(7)51)34(56-23(5)49)31(54-21(3)47)30(60-38)18-53-20(2)46)33(55-22(4)48)35(57-24(6)50)37(59-29)43-40-44(28-15-11-12-26(41)16-28)39(62-63-40)42-27-13-9-8-10-14-27;;/h8-16,29-38H,17-18H2,1-7H3;2*1H/b42-39?,43-40-;;/t29-,30-,31+,32-,33+,34+,35-,36-,37-,38+;;/m1../s1. The van der Waals surface area contributed by atoms with Crippen molar-refractivity contribution in [2.75, 3.05) is 13.2 Å². The molecule has 65 heavy (non-hydrogen) atoms. The summed E-state index contributed by atoms with van der Waals surface area (Å²) in [6.45, 7) is 6.36. The van der Waals surface area contributed by atoms with E-state index in [0.717, 1.165) is 48.5 Å². The zero-order chi connectivity index (χ0) is 46.0. The number of nitrogens with zero attached hydrogens (tertiary/aromatic N) is 3. The average molecular weight is 1010 g/mol. The maximum Gasteiger partial charge on any atom is 0.303 e. The van der Waals surface area contributed by atoms with Crippen LogP contribution in [-0.4, -0.2) is 121 Å². The number of carbonyl (C=O) groups excluding carboxylic acids is 7. The van der Waals surface area contributed by atoms with Crippen LogP contribution in [0.15, 0.2) is 64.6 Å². The number of ether oxygens (including phenoxy) is 10. The van der Waals surface area contributed by atoms with Crippen molar-refractivity contribution in [1.29, 1.82) is 0 Å². The summed E-state index contributed by atoms with van der Waals surface area (Å²) in [5.41, 5.74) is 1.17. The summed E-state index contributed by atoms with van der Waals surface area (Å²) in [6.07, 6.45) is -16.1. The SMILES string of the molecule is CC(=O)OC[C@H]1O[C@@H](O[C@H]2[C@H](OC(C)=O)[C@@H](OC(C)=O)[C@H](/N=c3\ssc(=Nc4ccccc4)n3-c3cccc(Cl)c3)O[C@@H]2COC(C)=O)[C@H](OC(C)=O)[C@@H](OC(C)=O)[C@H]1OC(C)=O.Cl.Cl. The largest absolute Gasteiger partial charge is 0.463 e. The van der Waals surface area contributed by atoms with E-state index in [9.17, 15) is 33.6 Å². The van der Waals surface area contributed by atoms with Crippen molar-refractivity contribution in [2.45, 2.75) is 110 Å². The van der Waals surface area contributed by atoms with E-state index in [1.807, 2.05) is 18.2 Å². The molecule has 0 radical (unpaired) electrons. The van der Waals surface area contributed by atoms with Gasteiger partial charge in [-0.2, -0.15) is 0 Å². The van der Waals surface area contributed by atoms with Crippen LogP contribution in [0.25, 0.3) is 5.69 Å². The Morgan fingerprint density at radius 3 is 1.62 bits per heavy atom. The number of esters is 7. The third-order valence-corrected chi connectivity index (χ3v) is 11.1. The van der Waals surface area contributed by atoms with Crippen LogP contribution < -0.4 is 9.60 Å². The number of hydrogen-bond acceptors (Lipinski definition) is 21. The second-order valence-electron chi connectivity index (χ2n) is 13.8. The highest BCUT2D eigenvalue weighted by atomic mass is 35.5. The summed E-state index contributed by atoms with van der Waals surface area (Å²) in [5, 5.41) is 0.401. The van der Waals surface area contributed by atoms with Crippen molar-refractivity contribution in [2.24, 2.45) is 9.98 Å². The predicted octanol–water partition coefficient (Wildman–Crippen LogP) is 3.85. The summed E-state index contributed by atoms with van der Waals surface area (Å²) < 4.78 is 59.5. The van der Waals surface area contributed by atoms with Crippen LogP contribution in [-0.2, 0) is 80.9 Å². The minimum absolute atomic E-state index is 0. The Morgan fingerprint density at radius 1 is 0.585 bits per heavy atom. The molecular weight excluding hydrogens is 965 g/mol. The Kier molecular flexibility index (Phi) is 21.0. The van der Waals surface area contributed by atoms with Crippen LogP contribution in [0.3, 0.4) is 0 Å². The molecule has 1 aromatic heterocycles. The number of para-hydroxylation sites is 1. The van der Waals surface area contributed by atoms with Gasteiger partial charge >= 0.3 is 41.8 Å². The predicted molar refractivity (Wildman–Crippen MR) is 231 cm³/mol. The van der Waals surface area contributed by atoms with Crippen molar-refractivity contribution in [1.82, 2.24) is 4.57 Å². The summed E-state index contributed by atoms with van der Waals surface area (Å²) in [4.78, 5) is 97.9. The van der Waals surface area contributed by atoms with E-state index in [1.165, 1.54) is 20.7 Å². The number of aromatic nitrogens is 1. The maximum absolute atomic E-state index is 12.9. The highest BCUT2D eigenvalue weighted by Crippen LogP contribution is 2.36. The summed E-state index contributed by atoms with van der Waals surface area (Å²) in [6, 6.07) is 16.0. The zero-order valence-electron chi connectivity index (χ0n) is 35.7. The quantitative estimate of drug-likeness (QED) is 0.127. The van der Waals surface area contributed by atoms with Gasteiger partial charge in [-0.25, -0.2) is 9.98 Å². The van der Waals surface area contributed by atoms with Crippen LogP contribution >= 0.6 is 57.1 Å². The summed E-state index contributed by atoms with van der Waals surface area (Å²) >= 11 is 6.42. The minimum atomic E-state index is -1.84. The van der Waals surface area contributed by atoms with Gasteiger partial charge in [0.1, 0.15) is 31.5 Å². The fourth-order valence-corrected chi connectivity index (χ4v) is 8.88. The first-order valence-corrected chi connectivity index (χ1v) is 21.6. The van der Waals surface area contributed by atoms with Gasteiger partial charge in [0, 0.05) is 53.5 Å². The molecule has 0 aliphatic carbocycles. The first kappa shape index (κ1) is 54.4. The molecule has 0 amide bonds. The molecule has 10 atom stereocenters.